The first-order valence-corrected chi connectivity index (χ1v) is 7.49. The fourth-order valence-electron chi connectivity index (χ4n) is 2.83. The van der Waals surface area contributed by atoms with Crippen LogP contribution in [0.25, 0.3) is 0 Å². The summed E-state index contributed by atoms with van der Waals surface area (Å²) in [5.41, 5.74) is 0.0107. The van der Waals surface area contributed by atoms with E-state index in [2.05, 4.69) is 5.32 Å². The van der Waals surface area contributed by atoms with Gasteiger partial charge < -0.3 is 5.32 Å². The summed E-state index contributed by atoms with van der Waals surface area (Å²) in [6, 6.07) is 2.98. The molecule has 3 rings (SSSR count). The van der Waals surface area contributed by atoms with Crippen LogP contribution >= 0.6 is 11.6 Å². The molecule has 1 N–H and O–H groups in total. The van der Waals surface area contributed by atoms with Crippen LogP contribution in [0.15, 0.2) is 18.2 Å². The number of para-hydroxylation sites is 1. The van der Waals surface area contributed by atoms with Crippen molar-refractivity contribution >= 4 is 29.1 Å². The number of amides is 2. The Morgan fingerprint density at radius 3 is 2.67 bits per heavy atom. The topological polar surface area (TPSA) is 49.4 Å². The number of carbonyl (C=O) groups is 2. The Morgan fingerprint density at radius 1 is 1.38 bits per heavy atom. The number of piperazine rings is 1. The molecule has 2 unspecified atom stereocenters. The molecular formula is C15H16ClFN2O2. The van der Waals surface area contributed by atoms with Crippen molar-refractivity contribution in [2.45, 2.75) is 38.3 Å². The highest BCUT2D eigenvalue weighted by atomic mass is 35.5. The lowest BCUT2D eigenvalue weighted by molar-refractivity contribution is -0.134. The lowest BCUT2D eigenvalue weighted by Crippen LogP contribution is -2.64. The van der Waals surface area contributed by atoms with Gasteiger partial charge in [-0.25, -0.2) is 4.39 Å². The number of anilines is 1. The first-order valence-electron chi connectivity index (χ1n) is 7.12. The predicted molar refractivity (Wildman–Crippen MR) is 77.6 cm³/mol. The Labute approximate surface area is 127 Å². The van der Waals surface area contributed by atoms with Crippen molar-refractivity contribution in [2.24, 2.45) is 5.92 Å². The molecule has 2 amide bonds. The lowest BCUT2D eigenvalue weighted by atomic mass is 10.0. The third-order valence-corrected chi connectivity index (χ3v) is 4.38. The van der Waals surface area contributed by atoms with Crippen molar-refractivity contribution in [3.8, 4) is 0 Å². The summed E-state index contributed by atoms with van der Waals surface area (Å²) in [6.07, 6.45) is 2.22. The fourth-order valence-corrected chi connectivity index (χ4v) is 3.09. The number of benzene rings is 1. The van der Waals surface area contributed by atoms with Gasteiger partial charge in [0.05, 0.1) is 10.7 Å². The van der Waals surface area contributed by atoms with Crippen molar-refractivity contribution in [3.05, 3.63) is 29.0 Å². The standard InChI is InChI=1S/C15H16ClFN2O2/c1-2-11-14(20)18-12(8-6-7-8)15(21)19(11)13-9(16)4-3-5-10(13)17/h3-5,8,11-12H,2,6-7H2,1H3,(H,18,20). The molecule has 2 fully saturated rings. The van der Waals surface area contributed by atoms with Crippen LogP contribution in [0.1, 0.15) is 26.2 Å². The molecule has 2 aliphatic rings. The van der Waals surface area contributed by atoms with Gasteiger partial charge in [0.15, 0.2) is 0 Å². The minimum absolute atomic E-state index is 0.0107. The fraction of sp³-hybridized carbons (Fsp3) is 0.467. The highest BCUT2D eigenvalue weighted by molar-refractivity contribution is 6.34. The molecule has 1 saturated heterocycles. The largest absolute Gasteiger partial charge is 0.342 e. The molecule has 0 spiro atoms. The zero-order valence-electron chi connectivity index (χ0n) is 11.6. The molecule has 1 aliphatic carbocycles. The molecule has 1 aromatic rings. The smallest absolute Gasteiger partial charge is 0.250 e. The van der Waals surface area contributed by atoms with Crippen molar-refractivity contribution in [2.75, 3.05) is 4.90 Å². The van der Waals surface area contributed by atoms with Gasteiger partial charge in [-0.15, -0.1) is 0 Å². The normalized spacial score (nSPS) is 26.0. The minimum atomic E-state index is -0.720. The Balaban J connectivity index is 2.06. The van der Waals surface area contributed by atoms with Crippen LogP contribution in [0.2, 0.25) is 5.02 Å². The molecule has 2 atom stereocenters. The summed E-state index contributed by atoms with van der Waals surface area (Å²) in [4.78, 5) is 26.2. The van der Waals surface area contributed by atoms with Crippen LogP contribution in [0.3, 0.4) is 0 Å². The second-order valence-corrected chi connectivity index (χ2v) is 5.93. The Hall–Kier alpha value is -1.62. The van der Waals surface area contributed by atoms with Gasteiger partial charge in [-0.1, -0.05) is 24.6 Å². The molecule has 6 heteroatoms. The van der Waals surface area contributed by atoms with E-state index in [1.165, 1.54) is 23.1 Å². The summed E-state index contributed by atoms with van der Waals surface area (Å²) in [6.45, 7) is 1.79. The van der Waals surface area contributed by atoms with Gasteiger partial charge in [0.1, 0.15) is 17.9 Å². The van der Waals surface area contributed by atoms with Gasteiger partial charge in [-0.3, -0.25) is 14.5 Å². The highest BCUT2D eigenvalue weighted by Gasteiger charge is 2.47. The van der Waals surface area contributed by atoms with Crippen molar-refractivity contribution in [1.29, 1.82) is 0 Å². The van der Waals surface area contributed by atoms with Gasteiger partial charge >= 0.3 is 0 Å². The molecule has 0 aromatic heterocycles. The number of hydrogen-bond acceptors (Lipinski definition) is 2. The minimum Gasteiger partial charge on any atom is -0.342 e. The number of nitrogens with one attached hydrogen (secondary N) is 1. The molecule has 1 aliphatic heterocycles. The molecular weight excluding hydrogens is 295 g/mol. The zero-order chi connectivity index (χ0) is 15.1. The highest BCUT2D eigenvalue weighted by Crippen LogP contribution is 2.38. The third-order valence-electron chi connectivity index (χ3n) is 4.07. The maximum absolute atomic E-state index is 14.2. The van der Waals surface area contributed by atoms with E-state index in [-0.39, 0.29) is 28.4 Å². The van der Waals surface area contributed by atoms with Crippen molar-refractivity contribution in [3.63, 3.8) is 0 Å². The third kappa shape index (κ3) is 2.39. The molecule has 112 valence electrons. The second kappa shape index (κ2) is 5.30. The van der Waals surface area contributed by atoms with Gasteiger partial charge in [0.2, 0.25) is 5.91 Å². The van der Waals surface area contributed by atoms with E-state index < -0.39 is 17.9 Å². The molecule has 1 aromatic carbocycles. The number of rotatable bonds is 3. The van der Waals surface area contributed by atoms with Crippen LogP contribution in [-0.4, -0.2) is 23.9 Å². The van der Waals surface area contributed by atoms with Gasteiger partial charge in [-0.05, 0) is 37.3 Å². The zero-order valence-corrected chi connectivity index (χ0v) is 12.4. The SMILES string of the molecule is CCC1C(=O)NC(C2CC2)C(=O)N1c1c(F)cccc1Cl. The van der Waals surface area contributed by atoms with Crippen LogP contribution in [-0.2, 0) is 9.59 Å². The van der Waals surface area contributed by atoms with Crippen molar-refractivity contribution < 1.29 is 14.0 Å². The molecule has 0 bridgehead atoms. The lowest BCUT2D eigenvalue weighted by Gasteiger charge is -2.39. The summed E-state index contributed by atoms with van der Waals surface area (Å²) in [7, 11) is 0. The van der Waals surface area contributed by atoms with E-state index in [4.69, 9.17) is 11.6 Å². The average Bonchev–Trinajstić information content (AvgIpc) is 3.26. The summed E-state index contributed by atoms with van der Waals surface area (Å²) < 4.78 is 14.2. The maximum Gasteiger partial charge on any atom is 0.250 e. The molecule has 1 heterocycles. The predicted octanol–water partition coefficient (Wildman–Crippen LogP) is 2.50. The monoisotopic (exact) mass is 310 g/mol. The van der Waals surface area contributed by atoms with E-state index in [0.717, 1.165) is 12.8 Å². The van der Waals surface area contributed by atoms with E-state index in [9.17, 15) is 14.0 Å². The number of hydrogen-bond donors (Lipinski definition) is 1. The van der Waals surface area contributed by atoms with Gasteiger partial charge in [0, 0.05) is 0 Å². The molecule has 4 nitrogen and oxygen atoms in total. The molecule has 1 saturated carbocycles. The Kier molecular flexibility index (Phi) is 3.61. The summed E-state index contributed by atoms with van der Waals surface area (Å²) in [5, 5.41) is 2.92. The summed E-state index contributed by atoms with van der Waals surface area (Å²) in [5.74, 6) is -0.935. The number of carbonyl (C=O) groups excluding carboxylic acids is 2. The van der Waals surface area contributed by atoms with Crippen molar-refractivity contribution in [1.82, 2.24) is 5.32 Å². The van der Waals surface area contributed by atoms with E-state index in [0.29, 0.717) is 6.42 Å². The number of halogens is 2. The molecule has 0 radical (unpaired) electrons. The van der Waals surface area contributed by atoms with Crippen LogP contribution in [0.4, 0.5) is 10.1 Å². The van der Waals surface area contributed by atoms with Crippen LogP contribution < -0.4 is 10.2 Å². The van der Waals surface area contributed by atoms with Crippen LogP contribution in [0, 0.1) is 11.7 Å². The van der Waals surface area contributed by atoms with Gasteiger partial charge in [0.25, 0.3) is 5.91 Å². The average molecular weight is 311 g/mol. The maximum atomic E-state index is 14.2. The second-order valence-electron chi connectivity index (χ2n) is 5.53. The first kappa shape index (κ1) is 14.3. The van der Waals surface area contributed by atoms with E-state index >= 15 is 0 Å². The quantitative estimate of drug-likeness (QED) is 0.932. The number of nitrogens with zero attached hydrogens (tertiary/aromatic N) is 1. The van der Waals surface area contributed by atoms with E-state index in [1.807, 2.05) is 0 Å². The Morgan fingerprint density at radius 2 is 2.10 bits per heavy atom. The van der Waals surface area contributed by atoms with E-state index in [1.54, 1.807) is 6.92 Å². The van der Waals surface area contributed by atoms with Gasteiger partial charge in [-0.2, -0.15) is 0 Å². The first-order chi connectivity index (χ1) is 10.0. The molecule has 21 heavy (non-hydrogen) atoms. The Bertz CT molecular complexity index is 583. The van der Waals surface area contributed by atoms with Crippen LogP contribution in [0.5, 0.6) is 0 Å². The summed E-state index contributed by atoms with van der Waals surface area (Å²) >= 11 is 6.08.